The molecule has 2 aromatic rings. The van der Waals surface area contributed by atoms with E-state index in [0.29, 0.717) is 11.3 Å². The fourth-order valence-corrected chi connectivity index (χ4v) is 5.95. The Morgan fingerprint density at radius 2 is 1.74 bits per heavy atom. The summed E-state index contributed by atoms with van der Waals surface area (Å²) in [6, 6.07) is 6.79. The number of carbonyl (C=O) groups is 3. The molecule has 1 spiro atoms. The lowest BCUT2D eigenvalue weighted by atomic mass is 9.76. The Labute approximate surface area is 196 Å². The summed E-state index contributed by atoms with van der Waals surface area (Å²) in [5, 5.41) is 27.5. The van der Waals surface area contributed by atoms with Gasteiger partial charge in [-0.15, -0.1) is 0 Å². The molecule has 13 nitrogen and oxygen atoms in total. The van der Waals surface area contributed by atoms with Crippen LogP contribution in [0.3, 0.4) is 0 Å². The molecule has 0 bridgehead atoms. The Morgan fingerprint density at radius 3 is 2.49 bits per heavy atom. The van der Waals surface area contributed by atoms with E-state index in [9.17, 15) is 34.2 Å². The van der Waals surface area contributed by atoms with Crippen molar-refractivity contribution in [2.24, 2.45) is 11.8 Å². The predicted octanol–water partition coefficient (Wildman–Crippen LogP) is -2.79. The van der Waals surface area contributed by atoms with E-state index in [2.05, 4.69) is 15.6 Å². The lowest BCUT2D eigenvalue weighted by Gasteiger charge is -2.30. The minimum absolute atomic E-state index is 0.486. The molecule has 0 aliphatic carbocycles. The standard InChI is InChI=1S/C22H21N5O8/c1-26-17(31)11-12(18(26)32)22(8-4-2-3-5-9(8)23-20(22)33)25-13(11)16-14(29)15(30)19(35-16)27-7-6-10(28)24-21(27)34/h2-7,11-16,19,25,29-30H,1H3,(H,23,33)(H,24,28,34)/t11-,12-,13+,14+,15-,16-,19-,22?/m1/s1. The molecule has 1 aromatic carbocycles. The summed E-state index contributed by atoms with van der Waals surface area (Å²) >= 11 is 0. The van der Waals surface area contributed by atoms with Gasteiger partial charge in [0.1, 0.15) is 23.9 Å². The van der Waals surface area contributed by atoms with Crippen molar-refractivity contribution in [2.75, 3.05) is 12.4 Å². The molecule has 182 valence electrons. The molecule has 3 saturated heterocycles. The summed E-state index contributed by atoms with van der Waals surface area (Å²) in [6.45, 7) is 0. The summed E-state index contributed by atoms with van der Waals surface area (Å²) in [4.78, 5) is 66.5. The number of hydrogen-bond donors (Lipinski definition) is 5. The minimum atomic E-state index is -1.60. The smallest absolute Gasteiger partial charge is 0.330 e. The second kappa shape index (κ2) is 7.18. The number of ether oxygens (including phenoxy) is 1. The molecule has 35 heavy (non-hydrogen) atoms. The van der Waals surface area contributed by atoms with E-state index in [1.807, 2.05) is 0 Å². The highest BCUT2D eigenvalue weighted by atomic mass is 16.6. The van der Waals surface area contributed by atoms with Gasteiger partial charge in [0.05, 0.1) is 11.8 Å². The second-order valence-corrected chi connectivity index (χ2v) is 9.21. The number of likely N-dealkylation sites (tertiary alicyclic amines) is 1. The number of nitrogens with zero attached hydrogens (tertiary/aromatic N) is 2. The van der Waals surface area contributed by atoms with E-state index in [-0.39, 0.29) is 0 Å². The van der Waals surface area contributed by atoms with Crippen molar-refractivity contribution >= 4 is 23.4 Å². The first-order valence-corrected chi connectivity index (χ1v) is 11.0. The Morgan fingerprint density at radius 1 is 1.00 bits per heavy atom. The van der Waals surface area contributed by atoms with E-state index < -0.39 is 76.9 Å². The van der Waals surface area contributed by atoms with E-state index >= 15 is 0 Å². The SMILES string of the molecule is CN1C(=O)[C@H]2[C@@H]([C@H]3O[C@@H](n4ccc(=O)[nH]c4=O)[C@H](O)[C@@H]3O)NC3(C(=O)Nc4ccccc43)[C@H]2C1=O. The number of anilines is 1. The number of H-pyrrole nitrogens is 1. The molecule has 0 saturated carbocycles. The lowest BCUT2D eigenvalue weighted by Crippen LogP contribution is -2.56. The van der Waals surface area contributed by atoms with Crippen LogP contribution in [0.25, 0.3) is 0 Å². The second-order valence-electron chi connectivity index (χ2n) is 9.21. The van der Waals surface area contributed by atoms with Gasteiger partial charge in [0.2, 0.25) is 17.7 Å². The van der Waals surface area contributed by atoms with Gasteiger partial charge in [-0.3, -0.25) is 38.9 Å². The summed E-state index contributed by atoms with van der Waals surface area (Å²) < 4.78 is 6.81. The number of benzene rings is 1. The lowest BCUT2D eigenvalue weighted by molar-refractivity contribution is -0.142. The van der Waals surface area contributed by atoms with Crippen molar-refractivity contribution < 1.29 is 29.3 Å². The maximum absolute atomic E-state index is 13.3. The van der Waals surface area contributed by atoms with Crippen molar-refractivity contribution in [3.05, 3.63) is 62.9 Å². The number of aromatic nitrogens is 2. The van der Waals surface area contributed by atoms with E-state index in [0.717, 1.165) is 21.7 Å². The quantitative estimate of drug-likeness (QED) is 0.282. The van der Waals surface area contributed by atoms with Gasteiger partial charge in [-0.05, 0) is 6.07 Å². The zero-order chi connectivity index (χ0) is 24.8. The van der Waals surface area contributed by atoms with Gasteiger partial charge in [0.25, 0.3) is 5.56 Å². The summed E-state index contributed by atoms with van der Waals surface area (Å²) in [7, 11) is 1.33. The number of rotatable bonds is 2. The maximum atomic E-state index is 13.3. The van der Waals surface area contributed by atoms with Gasteiger partial charge in [0.15, 0.2) is 6.23 Å². The van der Waals surface area contributed by atoms with Crippen LogP contribution in [0.1, 0.15) is 11.8 Å². The highest BCUT2D eigenvalue weighted by molar-refractivity contribution is 6.15. The fourth-order valence-electron chi connectivity index (χ4n) is 5.95. The summed E-state index contributed by atoms with van der Waals surface area (Å²) in [5.74, 6) is -3.82. The zero-order valence-corrected chi connectivity index (χ0v) is 18.2. The van der Waals surface area contributed by atoms with Crippen LogP contribution in [-0.4, -0.2) is 73.8 Å². The molecule has 4 aliphatic heterocycles. The summed E-state index contributed by atoms with van der Waals surface area (Å²) in [6.07, 6.45) is -4.72. The molecule has 3 amide bonds. The third-order valence-corrected chi connectivity index (χ3v) is 7.53. The average Bonchev–Trinajstić information content (AvgIpc) is 3.49. The van der Waals surface area contributed by atoms with Crippen LogP contribution in [0, 0.1) is 11.8 Å². The first kappa shape index (κ1) is 21.9. The third kappa shape index (κ3) is 2.68. The molecule has 4 aliphatic rings. The van der Waals surface area contributed by atoms with Gasteiger partial charge in [-0.2, -0.15) is 0 Å². The topological polar surface area (TPSA) is 183 Å². The van der Waals surface area contributed by atoms with Crippen molar-refractivity contribution in [3.8, 4) is 0 Å². The van der Waals surface area contributed by atoms with Gasteiger partial charge < -0.3 is 20.3 Å². The molecule has 0 radical (unpaired) electrons. The number of para-hydroxylation sites is 1. The Hall–Kier alpha value is -3.65. The average molecular weight is 483 g/mol. The molecule has 8 atom stereocenters. The molecule has 5 heterocycles. The third-order valence-electron chi connectivity index (χ3n) is 7.53. The monoisotopic (exact) mass is 483 g/mol. The number of aliphatic hydroxyl groups is 2. The first-order chi connectivity index (χ1) is 16.7. The molecular formula is C22H21N5O8. The van der Waals surface area contributed by atoms with Crippen molar-refractivity contribution in [3.63, 3.8) is 0 Å². The first-order valence-electron chi connectivity index (χ1n) is 11.0. The van der Waals surface area contributed by atoms with Gasteiger partial charge in [-0.25, -0.2) is 4.79 Å². The molecular weight excluding hydrogens is 462 g/mol. The predicted molar refractivity (Wildman–Crippen MR) is 116 cm³/mol. The van der Waals surface area contributed by atoms with Crippen molar-refractivity contribution in [2.45, 2.75) is 36.1 Å². The highest BCUT2D eigenvalue weighted by Crippen LogP contribution is 2.54. The normalized spacial score (nSPS) is 37.7. The Balaban J connectivity index is 1.44. The highest BCUT2D eigenvalue weighted by Gasteiger charge is 2.72. The number of amides is 3. The molecule has 5 N–H and O–H groups in total. The number of aromatic amines is 1. The Kier molecular flexibility index (Phi) is 4.48. The van der Waals surface area contributed by atoms with Crippen LogP contribution in [0.15, 0.2) is 46.1 Å². The molecule has 1 aromatic heterocycles. The molecule has 1 unspecified atom stereocenters. The molecule has 3 fully saturated rings. The number of carbonyl (C=O) groups excluding carboxylic acids is 3. The molecule has 13 heteroatoms. The summed E-state index contributed by atoms with van der Waals surface area (Å²) in [5.41, 5.74) is -2.13. The zero-order valence-electron chi connectivity index (χ0n) is 18.2. The number of imide groups is 1. The maximum Gasteiger partial charge on any atom is 0.330 e. The number of hydrogen-bond acceptors (Lipinski definition) is 9. The van der Waals surface area contributed by atoms with Crippen LogP contribution >= 0.6 is 0 Å². The minimum Gasteiger partial charge on any atom is -0.387 e. The van der Waals surface area contributed by atoms with Crippen molar-refractivity contribution in [1.29, 1.82) is 0 Å². The van der Waals surface area contributed by atoms with E-state index in [1.165, 1.54) is 7.05 Å². The van der Waals surface area contributed by atoms with Crippen LogP contribution in [-0.2, 0) is 24.7 Å². The van der Waals surface area contributed by atoms with Crippen LogP contribution in [0.2, 0.25) is 0 Å². The number of fused-ring (bicyclic) bond motifs is 4. The number of aliphatic hydroxyl groups excluding tert-OH is 2. The van der Waals surface area contributed by atoms with E-state index in [4.69, 9.17) is 4.74 Å². The molecule has 6 rings (SSSR count). The Bertz CT molecular complexity index is 1400. The van der Waals surface area contributed by atoms with Gasteiger partial charge in [-0.1, -0.05) is 18.2 Å². The van der Waals surface area contributed by atoms with Gasteiger partial charge in [0, 0.05) is 36.6 Å². The van der Waals surface area contributed by atoms with Crippen LogP contribution < -0.4 is 21.9 Å². The van der Waals surface area contributed by atoms with Crippen molar-refractivity contribution in [1.82, 2.24) is 19.8 Å². The fraction of sp³-hybridized carbons (Fsp3) is 0.409. The van der Waals surface area contributed by atoms with Crippen LogP contribution in [0.4, 0.5) is 5.69 Å². The number of nitrogens with one attached hydrogen (secondary N) is 3. The van der Waals surface area contributed by atoms with E-state index in [1.54, 1.807) is 24.3 Å². The largest absolute Gasteiger partial charge is 0.387 e. The van der Waals surface area contributed by atoms with Crippen LogP contribution in [0.5, 0.6) is 0 Å². The van der Waals surface area contributed by atoms with Gasteiger partial charge >= 0.3 is 5.69 Å².